The van der Waals surface area contributed by atoms with Gasteiger partial charge in [0.15, 0.2) is 0 Å². The van der Waals surface area contributed by atoms with E-state index in [2.05, 4.69) is 6.92 Å². The van der Waals surface area contributed by atoms with Crippen LogP contribution in [-0.2, 0) is 4.79 Å². The minimum atomic E-state index is -1.02. The van der Waals surface area contributed by atoms with Gasteiger partial charge in [-0.25, -0.2) is 0 Å². The molecule has 3 N–H and O–H groups in total. The Labute approximate surface area is 161 Å². The predicted molar refractivity (Wildman–Crippen MR) is 108 cm³/mol. The van der Waals surface area contributed by atoms with E-state index < -0.39 is 18.2 Å². The third-order valence-corrected chi connectivity index (χ3v) is 5.10. The third-order valence-electron chi connectivity index (χ3n) is 5.10. The third kappa shape index (κ3) is 19.7. The molecule has 0 aliphatic rings. The summed E-state index contributed by atoms with van der Waals surface area (Å²) in [6.45, 7) is 2.26. The van der Waals surface area contributed by atoms with Gasteiger partial charge in [-0.15, -0.1) is 0 Å². The molecule has 0 unspecified atom stereocenters. The molecular weight excluding hydrogens is 328 g/mol. The zero-order valence-corrected chi connectivity index (χ0v) is 17.1. The molecule has 0 bridgehead atoms. The fourth-order valence-electron chi connectivity index (χ4n) is 3.47. The van der Waals surface area contributed by atoms with Crippen LogP contribution in [0.4, 0.5) is 0 Å². The molecule has 0 saturated carbocycles. The number of unbranched alkanes of at least 4 members (excludes halogenated alkanes) is 14. The lowest BCUT2D eigenvalue weighted by Crippen LogP contribution is -2.20. The van der Waals surface area contributed by atoms with E-state index >= 15 is 0 Å². The molecule has 0 aromatic rings. The van der Waals surface area contributed by atoms with Crippen LogP contribution < -0.4 is 0 Å². The van der Waals surface area contributed by atoms with Crippen molar-refractivity contribution in [3.63, 3.8) is 0 Å². The van der Waals surface area contributed by atoms with Gasteiger partial charge < -0.3 is 15.3 Å². The second kappa shape index (κ2) is 19.2. The van der Waals surface area contributed by atoms with Gasteiger partial charge in [0.25, 0.3) is 0 Å². The Balaban J connectivity index is 3.20. The maximum Gasteiger partial charge on any atom is 0.305 e. The summed E-state index contributed by atoms with van der Waals surface area (Å²) in [5.41, 5.74) is 0. The van der Waals surface area contributed by atoms with Crippen molar-refractivity contribution in [1.29, 1.82) is 0 Å². The molecule has 0 aromatic carbocycles. The Morgan fingerprint density at radius 1 is 0.654 bits per heavy atom. The maximum atomic E-state index is 10.5. The average molecular weight is 373 g/mol. The van der Waals surface area contributed by atoms with E-state index in [4.69, 9.17) is 5.11 Å². The lowest BCUT2D eigenvalue weighted by atomic mass is 10.0. The molecule has 0 heterocycles. The van der Waals surface area contributed by atoms with Crippen LogP contribution in [0.15, 0.2) is 0 Å². The number of rotatable bonds is 20. The molecule has 0 aliphatic heterocycles. The zero-order chi connectivity index (χ0) is 19.5. The van der Waals surface area contributed by atoms with Crippen molar-refractivity contribution in [3.8, 4) is 0 Å². The van der Waals surface area contributed by atoms with Crippen molar-refractivity contribution in [3.05, 3.63) is 0 Å². The van der Waals surface area contributed by atoms with Crippen LogP contribution in [0, 0.1) is 0 Å². The molecule has 4 nitrogen and oxygen atoms in total. The lowest BCUT2D eigenvalue weighted by molar-refractivity contribution is -0.139. The van der Waals surface area contributed by atoms with E-state index in [9.17, 15) is 15.0 Å². The highest BCUT2D eigenvalue weighted by Crippen LogP contribution is 2.15. The van der Waals surface area contributed by atoms with Gasteiger partial charge in [-0.05, 0) is 12.8 Å². The Morgan fingerprint density at radius 3 is 1.42 bits per heavy atom. The van der Waals surface area contributed by atoms with Crippen molar-refractivity contribution in [1.82, 2.24) is 0 Å². The normalized spacial score (nSPS) is 13.7. The summed E-state index contributed by atoms with van der Waals surface area (Å²) >= 11 is 0. The van der Waals surface area contributed by atoms with Crippen molar-refractivity contribution in [2.45, 2.75) is 135 Å². The first-order valence-electron chi connectivity index (χ1n) is 11.1. The summed E-state index contributed by atoms with van der Waals surface area (Å²) in [5.74, 6) is -1.02. The highest BCUT2D eigenvalue weighted by Gasteiger charge is 2.14. The van der Waals surface area contributed by atoms with Gasteiger partial charge in [0, 0.05) is 0 Å². The standard InChI is InChI=1S/C22H44O4/c1-2-3-4-5-6-7-8-9-10-11-12-13-14-15-16-17-20(23)18-21(24)19-22(25)26/h20-21,23-24H,2-19H2,1H3,(H,25,26)/t20-,21-/m1/s1. The number of carboxylic acids is 1. The van der Waals surface area contributed by atoms with E-state index in [1.54, 1.807) is 0 Å². The number of aliphatic hydroxyl groups is 2. The maximum absolute atomic E-state index is 10.5. The number of carbonyl (C=O) groups is 1. The van der Waals surface area contributed by atoms with E-state index in [1.807, 2.05) is 0 Å². The summed E-state index contributed by atoms with van der Waals surface area (Å²) < 4.78 is 0. The molecule has 0 rings (SSSR count). The molecule has 0 aliphatic carbocycles. The average Bonchev–Trinajstić information content (AvgIpc) is 2.57. The SMILES string of the molecule is CCCCCCCCCCCCCCCCC[C@@H](O)C[C@@H](O)CC(=O)O. The van der Waals surface area contributed by atoms with Gasteiger partial charge in [-0.2, -0.15) is 0 Å². The second-order valence-corrected chi connectivity index (χ2v) is 7.88. The molecule has 0 radical (unpaired) electrons. The van der Waals surface area contributed by atoms with Gasteiger partial charge in [0.2, 0.25) is 0 Å². The molecule has 0 fully saturated rings. The summed E-state index contributed by atoms with van der Waals surface area (Å²) in [4.78, 5) is 10.5. The number of aliphatic carboxylic acids is 1. The van der Waals surface area contributed by atoms with Crippen LogP contribution >= 0.6 is 0 Å². The summed E-state index contributed by atoms with van der Waals surface area (Å²) in [7, 11) is 0. The van der Waals surface area contributed by atoms with Crippen molar-refractivity contribution < 1.29 is 20.1 Å². The Hall–Kier alpha value is -0.610. The van der Waals surface area contributed by atoms with Crippen molar-refractivity contribution in [2.24, 2.45) is 0 Å². The molecule has 0 spiro atoms. The highest BCUT2D eigenvalue weighted by molar-refractivity contribution is 5.67. The largest absolute Gasteiger partial charge is 0.481 e. The number of aliphatic hydroxyl groups excluding tert-OH is 2. The van der Waals surface area contributed by atoms with Gasteiger partial charge in [0.05, 0.1) is 18.6 Å². The van der Waals surface area contributed by atoms with Crippen molar-refractivity contribution in [2.75, 3.05) is 0 Å². The summed E-state index contributed by atoms with van der Waals surface area (Å²) in [5, 5.41) is 27.8. The number of carboxylic acid groups (broad SMARTS) is 1. The second-order valence-electron chi connectivity index (χ2n) is 7.88. The Morgan fingerprint density at radius 2 is 1.04 bits per heavy atom. The summed E-state index contributed by atoms with van der Waals surface area (Å²) in [6.07, 6.45) is 18.8. The van der Waals surface area contributed by atoms with E-state index in [0.717, 1.165) is 12.8 Å². The first-order chi connectivity index (χ1) is 12.6. The predicted octanol–water partition coefficient (Wildman–Crippen LogP) is 5.83. The fourth-order valence-corrected chi connectivity index (χ4v) is 3.47. The van der Waals surface area contributed by atoms with Crippen LogP contribution in [0.5, 0.6) is 0 Å². The smallest absolute Gasteiger partial charge is 0.305 e. The van der Waals surface area contributed by atoms with Gasteiger partial charge >= 0.3 is 5.97 Å². The summed E-state index contributed by atoms with van der Waals surface area (Å²) in [6, 6.07) is 0. The number of hydrogen-bond donors (Lipinski definition) is 3. The monoisotopic (exact) mass is 372 g/mol. The first-order valence-corrected chi connectivity index (χ1v) is 11.1. The first kappa shape index (κ1) is 25.4. The minimum absolute atomic E-state index is 0.172. The molecule has 2 atom stereocenters. The van der Waals surface area contributed by atoms with E-state index in [0.29, 0.717) is 6.42 Å². The molecular formula is C22H44O4. The Bertz CT molecular complexity index is 307. The van der Waals surface area contributed by atoms with E-state index in [-0.39, 0.29) is 12.8 Å². The highest BCUT2D eigenvalue weighted by atomic mass is 16.4. The van der Waals surface area contributed by atoms with Gasteiger partial charge in [0.1, 0.15) is 0 Å². The van der Waals surface area contributed by atoms with Crippen LogP contribution in [0.25, 0.3) is 0 Å². The van der Waals surface area contributed by atoms with Gasteiger partial charge in [-0.1, -0.05) is 103 Å². The van der Waals surface area contributed by atoms with Gasteiger partial charge in [-0.3, -0.25) is 4.79 Å². The molecule has 156 valence electrons. The van der Waals surface area contributed by atoms with Crippen LogP contribution in [0.3, 0.4) is 0 Å². The molecule has 26 heavy (non-hydrogen) atoms. The Kier molecular flexibility index (Phi) is 18.7. The zero-order valence-electron chi connectivity index (χ0n) is 17.1. The van der Waals surface area contributed by atoms with Crippen molar-refractivity contribution >= 4 is 5.97 Å². The quantitative estimate of drug-likeness (QED) is 0.235. The minimum Gasteiger partial charge on any atom is -0.481 e. The fraction of sp³-hybridized carbons (Fsp3) is 0.955. The molecule has 0 aromatic heterocycles. The van der Waals surface area contributed by atoms with E-state index in [1.165, 1.54) is 83.5 Å². The lowest BCUT2D eigenvalue weighted by Gasteiger charge is -2.14. The molecule has 0 saturated heterocycles. The van der Waals surface area contributed by atoms with Crippen LogP contribution in [0.1, 0.15) is 122 Å². The number of hydrogen-bond acceptors (Lipinski definition) is 3. The van der Waals surface area contributed by atoms with Crippen LogP contribution in [0.2, 0.25) is 0 Å². The topological polar surface area (TPSA) is 77.8 Å². The molecule has 0 amide bonds. The van der Waals surface area contributed by atoms with Crippen LogP contribution in [-0.4, -0.2) is 33.5 Å². The molecule has 4 heteroatoms.